The number of benzene rings is 2. The molecule has 28 heavy (non-hydrogen) atoms. The summed E-state index contributed by atoms with van der Waals surface area (Å²) in [6.07, 6.45) is 2.46. The Morgan fingerprint density at radius 1 is 1.14 bits per heavy atom. The number of nitrogens with one attached hydrogen (secondary N) is 2. The van der Waals surface area contributed by atoms with Gasteiger partial charge in [0, 0.05) is 24.5 Å². The minimum absolute atomic E-state index is 0.142. The standard InChI is InChI=1S/C20H20FN5OS/c21-17-6-2-1-5-16(17)19-23-20(25-24-19)28-13-18(27)22-14-7-9-15(10-8-14)26-11-3-4-12-26/h1-2,5-10H,3-4,11-13H2,(H,22,27)(H,23,24,25). The van der Waals surface area contributed by atoms with Crippen LogP contribution in [0.5, 0.6) is 0 Å². The maximum absolute atomic E-state index is 13.8. The summed E-state index contributed by atoms with van der Waals surface area (Å²) < 4.78 is 13.8. The summed E-state index contributed by atoms with van der Waals surface area (Å²) in [5, 5.41) is 10.0. The molecule has 8 heteroatoms. The van der Waals surface area contributed by atoms with Gasteiger partial charge >= 0.3 is 0 Å². The van der Waals surface area contributed by atoms with Crippen molar-refractivity contribution < 1.29 is 9.18 Å². The second-order valence-corrected chi connectivity index (χ2v) is 7.47. The van der Waals surface area contributed by atoms with Gasteiger partial charge in [0.2, 0.25) is 11.1 Å². The number of carbonyl (C=O) groups excluding carboxylic acids is 1. The Bertz CT molecular complexity index is 953. The number of rotatable bonds is 6. The number of halogens is 1. The Morgan fingerprint density at radius 3 is 2.64 bits per heavy atom. The minimum Gasteiger partial charge on any atom is -0.372 e. The molecule has 4 rings (SSSR count). The van der Waals surface area contributed by atoms with E-state index in [1.54, 1.807) is 18.2 Å². The molecule has 2 aromatic carbocycles. The second kappa shape index (κ2) is 8.43. The van der Waals surface area contributed by atoms with Gasteiger partial charge in [-0.25, -0.2) is 9.37 Å². The topological polar surface area (TPSA) is 73.9 Å². The maximum Gasteiger partial charge on any atom is 0.234 e. The van der Waals surface area contributed by atoms with Crippen molar-refractivity contribution in [1.29, 1.82) is 0 Å². The lowest BCUT2D eigenvalue weighted by Crippen LogP contribution is -2.18. The van der Waals surface area contributed by atoms with Gasteiger partial charge in [0.15, 0.2) is 5.82 Å². The molecule has 1 aliphatic rings. The van der Waals surface area contributed by atoms with Crippen LogP contribution < -0.4 is 10.2 Å². The molecule has 0 spiro atoms. The van der Waals surface area contributed by atoms with Crippen LogP contribution in [0.4, 0.5) is 15.8 Å². The fraction of sp³-hybridized carbons (Fsp3) is 0.250. The van der Waals surface area contributed by atoms with Gasteiger partial charge in [-0.05, 0) is 49.2 Å². The zero-order valence-corrected chi connectivity index (χ0v) is 16.0. The highest BCUT2D eigenvalue weighted by atomic mass is 32.2. The van der Waals surface area contributed by atoms with Crippen molar-refractivity contribution in [2.45, 2.75) is 18.0 Å². The minimum atomic E-state index is -0.370. The molecular weight excluding hydrogens is 377 g/mol. The van der Waals surface area contributed by atoms with Gasteiger partial charge in [-0.2, -0.15) is 0 Å². The summed E-state index contributed by atoms with van der Waals surface area (Å²) in [5.41, 5.74) is 2.30. The number of H-pyrrole nitrogens is 1. The van der Waals surface area contributed by atoms with Crippen LogP contribution in [0.25, 0.3) is 11.4 Å². The molecule has 144 valence electrons. The van der Waals surface area contributed by atoms with Gasteiger partial charge in [-0.15, -0.1) is 5.10 Å². The zero-order chi connectivity index (χ0) is 19.3. The predicted octanol–water partition coefficient (Wildman–Crippen LogP) is 3.94. The third-order valence-electron chi connectivity index (χ3n) is 4.55. The van der Waals surface area contributed by atoms with E-state index in [0.717, 1.165) is 18.8 Å². The summed E-state index contributed by atoms with van der Waals surface area (Å²) in [6.45, 7) is 2.18. The lowest BCUT2D eigenvalue weighted by atomic mass is 10.2. The number of hydrogen-bond acceptors (Lipinski definition) is 5. The monoisotopic (exact) mass is 397 g/mol. The van der Waals surface area contributed by atoms with E-state index >= 15 is 0 Å². The third kappa shape index (κ3) is 4.33. The average molecular weight is 397 g/mol. The smallest absolute Gasteiger partial charge is 0.234 e. The first-order valence-electron chi connectivity index (χ1n) is 9.14. The second-order valence-electron chi connectivity index (χ2n) is 6.52. The van der Waals surface area contributed by atoms with E-state index < -0.39 is 0 Å². The maximum atomic E-state index is 13.8. The first-order valence-corrected chi connectivity index (χ1v) is 10.1. The van der Waals surface area contributed by atoms with Gasteiger partial charge in [-0.1, -0.05) is 23.9 Å². The van der Waals surface area contributed by atoms with Crippen LogP contribution in [0.3, 0.4) is 0 Å². The van der Waals surface area contributed by atoms with Crippen LogP contribution in [-0.4, -0.2) is 39.9 Å². The predicted molar refractivity (Wildman–Crippen MR) is 109 cm³/mol. The lowest BCUT2D eigenvalue weighted by Gasteiger charge is -2.17. The number of nitrogens with zero attached hydrogens (tertiary/aromatic N) is 3. The number of anilines is 2. The van der Waals surface area contributed by atoms with E-state index in [2.05, 4.69) is 25.4 Å². The molecule has 6 nitrogen and oxygen atoms in total. The average Bonchev–Trinajstić information content (AvgIpc) is 3.40. The fourth-order valence-electron chi connectivity index (χ4n) is 3.14. The van der Waals surface area contributed by atoms with Gasteiger partial charge < -0.3 is 10.2 Å². The normalized spacial score (nSPS) is 13.7. The molecule has 0 unspecified atom stereocenters. The van der Waals surface area contributed by atoms with E-state index in [9.17, 15) is 9.18 Å². The highest BCUT2D eigenvalue weighted by Crippen LogP contribution is 2.23. The van der Waals surface area contributed by atoms with Crippen LogP contribution in [0.15, 0.2) is 53.7 Å². The summed E-state index contributed by atoms with van der Waals surface area (Å²) >= 11 is 1.20. The molecule has 0 saturated carbocycles. The van der Waals surface area contributed by atoms with E-state index in [1.807, 2.05) is 24.3 Å². The molecule has 0 radical (unpaired) electrons. The molecule has 0 aliphatic carbocycles. The molecule has 1 saturated heterocycles. The van der Waals surface area contributed by atoms with Gasteiger partial charge in [0.25, 0.3) is 0 Å². The molecule has 0 bridgehead atoms. The molecule has 1 aliphatic heterocycles. The van der Waals surface area contributed by atoms with E-state index in [0.29, 0.717) is 16.5 Å². The third-order valence-corrected chi connectivity index (χ3v) is 5.40. The molecule has 1 amide bonds. The highest BCUT2D eigenvalue weighted by Gasteiger charge is 2.13. The van der Waals surface area contributed by atoms with Gasteiger partial charge in [0.05, 0.1) is 11.3 Å². The summed E-state index contributed by atoms with van der Waals surface area (Å²) in [5.74, 6) is 0.00242. The van der Waals surface area contributed by atoms with Crippen molar-refractivity contribution in [2.75, 3.05) is 29.1 Å². The lowest BCUT2D eigenvalue weighted by molar-refractivity contribution is -0.113. The van der Waals surface area contributed by atoms with E-state index in [4.69, 9.17) is 0 Å². The molecule has 2 heterocycles. The van der Waals surface area contributed by atoms with Crippen LogP contribution in [0.2, 0.25) is 0 Å². The van der Waals surface area contributed by atoms with E-state index in [-0.39, 0.29) is 17.5 Å². The van der Waals surface area contributed by atoms with Crippen molar-refractivity contribution in [3.8, 4) is 11.4 Å². The Morgan fingerprint density at radius 2 is 1.89 bits per heavy atom. The largest absolute Gasteiger partial charge is 0.372 e. The summed E-state index contributed by atoms with van der Waals surface area (Å²) in [6, 6.07) is 14.2. The van der Waals surface area contributed by atoms with Crippen LogP contribution in [-0.2, 0) is 4.79 Å². The number of thioether (sulfide) groups is 1. The number of hydrogen-bond donors (Lipinski definition) is 2. The van der Waals surface area contributed by atoms with E-state index in [1.165, 1.54) is 36.4 Å². The highest BCUT2D eigenvalue weighted by molar-refractivity contribution is 7.99. The Kier molecular flexibility index (Phi) is 5.57. The number of aromatic nitrogens is 3. The first kappa shape index (κ1) is 18.5. The number of carbonyl (C=O) groups is 1. The van der Waals surface area contributed by atoms with Crippen LogP contribution >= 0.6 is 11.8 Å². The quantitative estimate of drug-likeness (QED) is 0.617. The fourth-order valence-corrected chi connectivity index (χ4v) is 3.74. The van der Waals surface area contributed by atoms with Crippen molar-refractivity contribution in [3.05, 3.63) is 54.3 Å². The molecule has 3 aromatic rings. The molecule has 0 atom stereocenters. The van der Waals surface area contributed by atoms with Crippen molar-refractivity contribution in [3.63, 3.8) is 0 Å². The Hall–Kier alpha value is -2.87. The van der Waals surface area contributed by atoms with Gasteiger partial charge in [0.1, 0.15) is 5.82 Å². The SMILES string of the molecule is O=C(CSc1n[nH]c(-c2ccccc2F)n1)Nc1ccc(N2CCCC2)cc1. The van der Waals surface area contributed by atoms with Crippen molar-refractivity contribution >= 4 is 29.0 Å². The van der Waals surface area contributed by atoms with Crippen LogP contribution in [0.1, 0.15) is 12.8 Å². The molecular formula is C20H20FN5OS. The number of aromatic amines is 1. The molecule has 1 aromatic heterocycles. The molecule has 2 N–H and O–H groups in total. The van der Waals surface area contributed by atoms with Crippen molar-refractivity contribution in [2.24, 2.45) is 0 Å². The van der Waals surface area contributed by atoms with Crippen LogP contribution in [0, 0.1) is 5.82 Å². The molecule has 1 fully saturated rings. The number of amides is 1. The zero-order valence-electron chi connectivity index (χ0n) is 15.2. The summed E-state index contributed by atoms with van der Waals surface area (Å²) in [4.78, 5) is 18.8. The Labute approximate surface area is 166 Å². The summed E-state index contributed by atoms with van der Waals surface area (Å²) in [7, 11) is 0. The Balaban J connectivity index is 1.30. The first-order chi connectivity index (χ1) is 13.7. The van der Waals surface area contributed by atoms with Crippen molar-refractivity contribution in [1.82, 2.24) is 15.2 Å². The van der Waals surface area contributed by atoms with Gasteiger partial charge in [-0.3, -0.25) is 9.89 Å².